The highest BCUT2D eigenvalue weighted by Crippen LogP contribution is 2.28. The molecule has 0 unspecified atom stereocenters. The van der Waals surface area contributed by atoms with Crippen molar-refractivity contribution in [3.63, 3.8) is 0 Å². The van der Waals surface area contributed by atoms with Gasteiger partial charge in [0.25, 0.3) is 0 Å². The highest BCUT2D eigenvalue weighted by Gasteiger charge is 2.16. The molecule has 8 nitrogen and oxygen atoms in total. The number of fused-ring (bicyclic) bond motifs is 2. The molecule has 26 heavy (non-hydrogen) atoms. The second-order valence-electron chi connectivity index (χ2n) is 5.88. The molecule has 0 fully saturated rings. The predicted octanol–water partition coefficient (Wildman–Crippen LogP) is 1.93. The highest BCUT2D eigenvalue weighted by molar-refractivity contribution is 7.81. The second kappa shape index (κ2) is 6.88. The van der Waals surface area contributed by atoms with Gasteiger partial charge in [0.05, 0.1) is 0 Å². The summed E-state index contributed by atoms with van der Waals surface area (Å²) < 4.78 is 70.0. The summed E-state index contributed by atoms with van der Waals surface area (Å²) in [5.74, 6) is 0.0472. The molecule has 0 aromatic heterocycles. The maximum absolute atomic E-state index is 10.9. The molecular weight excluding hydrogens is 384 g/mol. The van der Waals surface area contributed by atoms with Crippen LogP contribution in [0.5, 0.6) is 11.5 Å². The Labute approximate surface area is 151 Å². The van der Waals surface area contributed by atoms with Crippen LogP contribution in [0.4, 0.5) is 0 Å². The fraction of sp³-hybridized carbons (Fsp3) is 0.250. The number of hydrogen-bond donors (Lipinski definition) is 2. The van der Waals surface area contributed by atoms with Gasteiger partial charge in [0.1, 0.15) is 11.5 Å². The van der Waals surface area contributed by atoms with E-state index >= 15 is 0 Å². The quantitative estimate of drug-likeness (QED) is 0.746. The molecule has 1 aliphatic rings. The molecule has 2 aromatic rings. The molecule has 0 heterocycles. The van der Waals surface area contributed by atoms with Crippen LogP contribution in [0.1, 0.15) is 22.3 Å². The first-order valence-corrected chi connectivity index (χ1v) is 10.4. The van der Waals surface area contributed by atoms with Gasteiger partial charge in [-0.15, -0.1) is 0 Å². The van der Waals surface area contributed by atoms with Crippen molar-refractivity contribution in [1.82, 2.24) is 0 Å². The van der Waals surface area contributed by atoms with Gasteiger partial charge in [-0.05, 0) is 72.2 Å². The number of benzene rings is 2. The Morgan fingerprint density at radius 3 is 1.31 bits per heavy atom. The summed E-state index contributed by atoms with van der Waals surface area (Å²) in [6.45, 7) is 0. The zero-order valence-electron chi connectivity index (χ0n) is 13.5. The molecule has 1 aliphatic carbocycles. The average molecular weight is 400 g/mol. The average Bonchev–Trinajstić information content (AvgIpc) is 2.48. The van der Waals surface area contributed by atoms with Crippen LogP contribution in [0.2, 0.25) is 0 Å². The van der Waals surface area contributed by atoms with Gasteiger partial charge < -0.3 is 8.37 Å². The van der Waals surface area contributed by atoms with Gasteiger partial charge in [-0.25, -0.2) is 0 Å². The summed E-state index contributed by atoms with van der Waals surface area (Å²) >= 11 is 0. The lowest BCUT2D eigenvalue weighted by molar-refractivity contribution is 0.384. The minimum atomic E-state index is -4.59. The molecule has 0 saturated heterocycles. The Kier molecular flexibility index (Phi) is 4.93. The van der Waals surface area contributed by atoms with Crippen molar-refractivity contribution in [3.8, 4) is 11.5 Å². The van der Waals surface area contributed by atoms with Gasteiger partial charge in [0.2, 0.25) is 0 Å². The first-order chi connectivity index (χ1) is 12.1. The monoisotopic (exact) mass is 400 g/mol. The second-order valence-corrected chi connectivity index (χ2v) is 7.93. The lowest BCUT2D eigenvalue weighted by Gasteiger charge is -2.18. The Morgan fingerprint density at radius 1 is 0.615 bits per heavy atom. The highest BCUT2D eigenvalue weighted by atomic mass is 32.3. The summed E-state index contributed by atoms with van der Waals surface area (Å²) in [7, 11) is -9.18. The fourth-order valence-electron chi connectivity index (χ4n) is 3.04. The van der Waals surface area contributed by atoms with Crippen molar-refractivity contribution in [2.75, 3.05) is 0 Å². The summed E-state index contributed by atoms with van der Waals surface area (Å²) in [6.07, 6.45) is 2.51. The van der Waals surface area contributed by atoms with Gasteiger partial charge in [0, 0.05) is 0 Å². The zero-order chi connectivity index (χ0) is 18.9. The molecule has 0 bridgehead atoms. The lowest BCUT2D eigenvalue weighted by atomic mass is 9.89. The van der Waals surface area contributed by atoms with E-state index in [1.54, 1.807) is 24.3 Å². The third-order valence-electron chi connectivity index (χ3n) is 4.09. The van der Waals surface area contributed by atoms with Crippen LogP contribution in [0, 0.1) is 0 Å². The first kappa shape index (κ1) is 18.6. The summed E-state index contributed by atoms with van der Waals surface area (Å²) in [4.78, 5) is 0. The minimum Gasteiger partial charge on any atom is -0.362 e. The van der Waals surface area contributed by atoms with E-state index in [1.165, 1.54) is 12.1 Å². The Hall–Kier alpha value is -2.14. The molecule has 0 spiro atoms. The van der Waals surface area contributed by atoms with Gasteiger partial charge in [-0.3, -0.25) is 9.11 Å². The van der Waals surface area contributed by atoms with Gasteiger partial charge in [-0.2, -0.15) is 16.8 Å². The lowest BCUT2D eigenvalue weighted by Crippen LogP contribution is -2.11. The smallest absolute Gasteiger partial charge is 0.362 e. The first-order valence-electron chi connectivity index (χ1n) is 7.66. The molecule has 0 atom stereocenters. The van der Waals surface area contributed by atoms with Crippen molar-refractivity contribution in [3.05, 3.63) is 58.7 Å². The SMILES string of the molecule is O=S(=O)(O)Oc1ccc2c(c1)CCc1cc(OS(=O)(=O)O)ccc1CC2. The van der Waals surface area contributed by atoms with E-state index in [9.17, 15) is 16.8 Å². The largest absolute Gasteiger partial charge is 0.446 e. The molecule has 2 aromatic carbocycles. The van der Waals surface area contributed by atoms with E-state index in [4.69, 9.17) is 9.11 Å². The van der Waals surface area contributed by atoms with Crippen LogP contribution < -0.4 is 8.37 Å². The summed E-state index contributed by atoms with van der Waals surface area (Å²) in [5, 5.41) is 0. The maximum Gasteiger partial charge on any atom is 0.446 e. The standard InChI is InChI=1S/C16H16O8S2/c17-25(18,19)23-15-7-5-11-1-2-12-6-8-16(24-26(20,21)22)10-14(12)4-3-13(11)9-15/h5-10H,1-4H2,(H,17,18,19)(H,20,21,22). The van der Waals surface area contributed by atoms with Crippen LogP contribution in [-0.2, 0) is 46.5 Å². The van der Waals surface area contributed by atoms with Crippen LogP contribution in [0.15, 0.2) is 36.4 Å². The van der Waals surface area contributed by atoms with Gasteiger partial charge in [0.15, 0.2) is 0 Å². The molecule has 140 valence electrons. The summed E-state index contributed by atoms with van der Waals surface area (Å²) in [5.41, 5.74) is 3.82. The molecule has 0 radical (unpaired) electrons. The van der Waals surface area contributed by atoms with E-state index < -0.39 is 20.8 Å². The third-order valence-corrected chi connectivity index (χ3v) is 4.89. The number of rotatable bonds is 4. The Morgan fingerprint density at radius 2 is 0.962 bits per heavy atom. The maximum atomic E-state index is 10.9. The van der Waals surface area contributed by atoms with Crippen LogP contribution in [0.3, 0.4) is 0 Å². The zero-order valence-corrected chi connectivity index (χ0v) is 15.1. The van der Waals surface area contributed by atoms with Crippen LogP contribution in [0.25, 0.3) is 0 Å². The van der Waals surface area contributed by atoms with Crippen LogP contribution in [-0.4, -0.2) is 25.9 Å². The van der Waals surface area contributed by atoms with E-state index in [0.29, 0.717) is 25.7 Å². The van der Waals surface area contributed by atoms with E-state index in [1.807, 2.05) is 0 Å². The Bertz CT molecular complexity index is 956. The van der Waals surface area contributed by atoms with E-state index in [0.717, 1.165) is 22.3 Å². The Balaban J connectivity index is 1.86. The third kappa shape index (κ3) is 4.94. The van der Waals surface area contributed by atoms with Gasteiger partial charge in [-0.1, -0.05) is 12.1 Å². The summed E-state index contributed by atoms with van der Waals surface area (Å²) in [6, 6.07) is 9.61. The van der Waals surface area contributed by atoms with Crippen molar-refractivity contribution in [1.29, 1.82) is 0 Å². The van der Waals surface area contributed by atoms with Gasteiger partial charge >= 0.3 is 20.8 Å². The molecule has 0 amide bonds. The molecule has 2 N–H and O–H groups in total. The molecule has 10 heteroatoms. The van der Waals surface area contributed by atoms with Crippen molar-refractivity contribution < 1.29 is 34.3 Å². The molecule has 0 saturated carbocycles. The van der Waals surface area contributed by atoms with E-state index in [2.05, 4.69) is 8.37 Å². The van der Waals surface area contributed by atoms with E-state index in [-0.39, 0.29) is 11.5 Å². The number of aryl methyl sites for hydroxylation is 4. The predicted molar refractivity (Wildman–Crippen MR) is 92.1 cm³/mol. The van der Waals surface area contributed by atoms with Crippen molar-refractivity contribution in [2.45, 2.75) is 25.7 Å². The fourth-order valence-corrected chi connectivity index (χ4v) is 3.74. The van der Waals surface area contributed by atoms with Crippen molar-refractivity contribution in [2.24, 2.45) is 0 Å². The molecule has 3 rings (SSSR count). The van der Waals surface area contributed by atoms with Crippen LogP contribution >= 0.6 is 0 Å². The molecule has 0 aliphatic heterocycles. The minimum absolute atomic E-state index is 0.0236. The topological polar surface area (TPSA) is 127 Å². The van der Waals surface area contributed by atoms with Crippen molar-refractivity contribution >= 4 is 20.8 Å². The number of hydrogen-bond acceptors (Lipinski definition) is 6. The molecular formula is C16H16O8S2. The normalized spacial score (nSPS) is 14.5.